The van der Waals surface area contributed by atoms with Gasteiger partial charge in [0.2, 0.25) is 11.8 Å². The molecule has 0 aromatic heterocycles. The Bertz CT molecular complexity index is 499. The minimum Gasteiger partial charge on any atom is -0.478 e. The van der Waals surface area contributed by atoms with Gasteiger partial charge in [0.05, 0.1) is 12.6 Å². The molecule has 0 aliphatic rings. The van der Waals surface area contributed by atoms with Crippen LogP contribution in [0.1, 0.15) is 60.8 Å². The van der Waals surface area contributed by atoms with Gasteiger partial charge in [-0.05, 0) is 32.1 Å². The van der Waals surface area contributed by atoms with E-state index in [4.69, 9.17) is 5.11 Å². The smallest absolute Gasteiger partial charge is 0.331 e. The average Bonchev–Trinajstić information content (AvgIpc) is 2.58. The molecule has 0 fully saturated rings. The first-order chi connectivity index (χ1) is 11.6. The molecule has 144 valence electrons. The average molecular weight is 354 g/mol. The van der Waals surface area contributed by atoms with E-state index in [1.165, 1.54) is 11.8 Å². The van der Waals surface area contributed by atoms with Crippen LogP contribution in [0.4, 0.5) is 0 Å². The Labute approximate surface area is 151 Å². The number of rotatable bonds is 10. The van der Waals surface area contributed by atoms with Crippen molar-refractivity contribution >= 4 is 17.8 Å². The van der Waals surface area contributed by atoms with Gasteiger partial charge < -0.3 is 15.3 Å². The first-order valence-electron chi connectivity index (χ1n) is 9.01. The summed E-state index contributed by atoms with van der Waals surface area (Å²) in [7, 11) is 1.64. The molecule has 1 atom stereocenters. The molecule has 0 spiro atoms. The Hall–Kier alpha value is -1.85. The van der Waals surface area contributed by atoms with E-state index in [-0.39, 0.29) is 35.9 Å². The van der Waals surface area contributed by atoms with E-state index >= 15 is 0 Å². The number of carbonyl (C=O) groups is 3. The van der Waals surface area contributed by atoms with Crippen LogP contribution in [-0.4, -0.2) is 47.4 Å². The molecule has 6 heteroatoms. The Morgan fingerprint density at radius 3 is 1.96 bits per heavy atom. The zero-order chi connectivity index (χ0) is 19.8. The van der Waals surface area contributed by atoms with Crippen LogP contribution in [0.5, 0.6) is 0 Å². The predicted molar refractivity (Wildman–Crippen MR) is 99.1 cm³/mol. The highest BCUT2D eigenvalue weighted by molar-refractivity contribution is 5.88. The second-order valence-electron chi connectivity index (χ2n) is 6.92. The summed E-state index contributed by atoms with van der Waals surface area (Å²) < 4.78 is 0. The monoisotopic (exact) mass is 354 g/mol. The molecule has 2 amide bonds. The van der Waals surface area contributed by atoms with Crippen molar-refractivity contribution in [1.29, 1.82) is 0 Å². The summed E-state index contributed by atoms with van der Waals surface area (Å²) in [6.07, 6.45) is 3.77. The van der Waals surface area contributed by atoms with E-state index < -0.39 is 11.4 Å². The molecule has 6 nitrogen and oxygen atoms in total. The van der Waals surface area contributed by atoms with Crippen LogP contribution < -0.4 is 5.32 Å². The maximum absolute atomic E-state index is 12.5. The minimum atomic E-state index is -1.00. The zero-order valence-corrected chi connectivity index (χ0v) is 16.7. The van der Waals surface area contributed by atoms with Crippen LogP contribution in [0.2, 0.25) is 0 Å². The number of amides is 2. The number of nitrogens with one attached hydrogen (secondary N) is 1. The van der Waals surface area contributed by atoms with Gasteiger partial charge in [-0.25, -0.2) is 4.79 Å². The normalized spacial score (nSPS) is 13.5. The third-order valence-electron chi connectivity index (χ3n) is 5.19. The lowest BCUT2D eigenvalue weighted by atomic mass is 9.79. The number of nitrogens with zero attached hydrogens (tertiary/aromatic N) is 1. The van der Waals surface area contributed by atoms with Gasteiger partial charge in [-0.1, -0.05) is 40.7 Å². The van der Waals surface area contributed by atoms with E-state index in [2.05, 4.69) is 5.32 Å². The Morgan fingerprint density at radius 2 is 1.60 bits per heavy atom. The van der Waals surface area contributed by atoms with Crippen LogP contribution in [0.3, 0.4) is 0 Å². The molecule has 0 aliphatic carbocycles. The van der Waals surface area contributed by atoms with Gasteiger partial charge in [0.25, 0.3) is 0 Å². The lowest BCUT2D eigenvalue weighted by molar-refractivity contribution is -0.137. The van der Waals surface area contributed by atoms with Gasteiger partial charge in [-0.2, -0.15) is 0 Å². The van der Waals surface area contributed by atoms with Crippen molar-refractivity contribution in [3.8, 4) is 0 Å². The molecule has 25 heavy (non-hydrogen) atoms. The summed E-state index contributed by atoms with van der Waals surface area (Å²) >= 11 is 0. The lowest BCUT2D eigenvalue weighted by Crippen LogP contribution is -2.48. The number of hydrogen-bond acceptors (Lipinski definition) is 3. The van der Waals surface area contributed by atoms with Crippen molar-refractivity contribution in [2.24, 2.45) is 11.3 Å². The molecule has 0 rings (SSSR count). The van der Waals surface area contributed by atoms with E-state index in [0.29, 0.717) is 0 Å². The van der Waals surface area contributed by atoms with Crippen LogP contribution in [0.15, 0.2) is 11.6 Å². The van der Waals surface area contributed by atoms with Gasteiger partial charge in [0, 0.05) is 18.0 Å². The third kappa shape index (κ3) is 6.18. The van der Waals surface area contributed by atoms with E-state index in [9.17, 15) is 14.4 Å². The summed E-state index contributed by atoms with van der Waals surface area (Å²) in [5, 5.41) is 11.8. The summed E-state index contributed by atoms with van der Waals surface area (Å²) in [4.78, 5) is 37.5. The highest BCUT2D eigenvalue weighted by Crippen LogP contribution is 2.30. The second kappa shape index (κ2) is 10.2. The number of aliphatic carboxylic acids is 1. The SMILES string of the molecule is CCC(CC)(CC)C(=O)NCC(=O)N(C)[C@H](/C=C(\C)C(=O)O)C(C)C. The highest BCUT2D eigenvalue weighted by Gasteiger charge is 2.33. The summed E-state index contributed by atoms with van der Waals surface area (Å²) in [6, 6.07) is -0.339. The first-order valence-corrected chi connectivity index (χ1v) is 9.01. The van der Waals surface area contributed by atoms with Gasteiger partial charge in [-0.3, -0.25) is 9.59 Å². The minimum absolute atomic E-state index is 0.0555. The largest absolute Gasteiger partial charge is 0.478 e. The number of carboxylic acid groups (broad SMARTS) is 1. The summed E-state index contributed by atoms with van der Waals surface area (Å²) in [6.45, 7) is 11.2. The van der Waals surface area contributed by atoms with E-state index in [0.717, 1.165) is 19.3 Å². The van der Waals surface area contributed by atoms with Gasteiger partial charge in [0.1, 0.15) is 0 Å². The number of carbonyl (C=O) groups excluding carboxylic acids is 2. The molecule has 0 radical (unpaired) electrons. The van der Waals surface area contributed by atoms with Crippen LogP contribution in [-0.2, 0) is 14.4 Å². The molecule has 0 aromatic rings. The van der Waals surface area contributed by atoms with Crippen molar-refractivity contribution in [3.63, 3.8) is 0 Å². The topological polar surface area (TPSA) is 86.7 Å². The predicted octanol–water partition coefficient (Wildman–Crippen LogP) is 2.83. The van der Waals surface area contributed by atoms with Crippen molar-refractivity contribution in [2.45, 2.75) is 66.8 Å². The van der Waals surface area contributed by atoms with Crippen LogP contribution in [0, 0.1) is 11.3 Å². The molecule has 0 saturated carbocycles. The molecule has 0 saturated heterocycles. The van der Waals surface area contributed by atoms with E-state index in [1.807, 2.05) is 34.6 Å². The molecule has 0 heterocycles. The zero-order valence-electron chi connectivity index (χ0n) is 16.7. The maximum atomic E-state index is 12.5. The van der Waals surface area contributed by atoms with Crippen molar-refractivity contribution in [3.05, 3.63) is 11.6 Å². The van der Waals surface area contributed by atoms with Crippen LogP contribution >= 0.6 is 0 Å². The molecular formula is C19H34N2O4. The number of likely N-dealkylation sites (N-methyl/N-ethyl adjacent to an activating group) is 1. The summed E-state index contributed by atoms with van der Waals surface area (Å²) in [5.74, 6) is -1.28. The molecule has 0 aliphatic heterocycles. The van der Waals surface area contributed by atoms with Gasteiger partial charge >= 0.3 is 5.97 Å². The fraction of sp³-hybridized carbons (Fsp3) is 0.737. The quantitative estimate of drug-likeness (QED) is 0.591. The van der Waals surface area contributed by atoms with Crippen molar-refractivity contribution < 1.29 is 19.5 Å². The van der Waals surface area contributed by atoms with Gasteiger partial charge in [-0.15, -0.1) is 0 Å². The third-order valence-corrected chi connectivity index (χ3v) is 5.19. The van der Waals surface area contributed by atoms with Crippen LogP contribution in [0.25, 0.3) is 0 Å². The molecule has 2 N–H and O–H groups in total. The molecular weight excluding hydrogens is 320 g/mol. The van der Waals surface area contributed by atoms with E-state index in [1.54, 1.807) is 13.1 Å². The number of hydrogen-bond donors (Lipinski definition) is 2. The molecule has 0 bridgehead atoms. The highest BCUT2D eigenvalue weighted by atomic mass is 16.4. The second-order valence-corrected chi connectivity index (χ2v) is 6.92. The Balaban J connectivity index is 5.07. The summed E-state index contributed by atoms with van der Waals surface area (Å²) in [5.41, 5.74) is -0.236. The van der Waals surface area contributed by atoms with Crippen molar-refractivity contribution in [2.75, 3.05) is 13.6 Å². The lowest BCUT2D eigenvalue weighted by Gasteiger charge is -2.31. The maximum Gasteiger partial charge on any atom is 0.331 e. The standard InChI is InChI=1S/C19H34N2O4/c1-8-19(9-2,10-3)18(25)20-12-16(22)21(7)15(13(4)5)11-14(6)17(23)24/h11,13,15H,8-10,12H2,1-7H3,(H,20,25)(H,23,24)/b14-11+/t15-/m1/s1. The fourth-order valence-electron chi connectivity index (χ4n) is 2.94. The molecule has 0 aromatic carbocycles. The van der Waals surface area contributed by atoms with Gasteiger partial charge in [0.15, 0.2) is 0 Å². The Kier molecular flexibility index (Phi) is 9.46. The molecule has 0 unspecified atom stereocenters. The number of carboxylic acids is 1. The first kappa shape index (κ1) is 23.1. The van der Waals surface area contributed by atoms with Crippen molar-refractivity contribution in [1.82, 2.24) is 10.2 Å². The fourth-order valence-corrected chi connectivity index (χ4v) is 2.94. The Morgan fingerprint density at radius 1 is 1.12 bits per heavy atom.